The highest BCUT2D eigenvalue weighted by molar-refractivity contribution is 7.98. The molecule has 0 amide bonds. The molecule has 24 heavy (non-hydrogen) atoms. The van der Waals surface area contributed by atoms with Crippen LogP contribution in [0.4, 0.5) is 0 Å². The fraction of sp³-hybridized carbons (Fsp3) is 0.588. The second-order valence-corrected chi connectivity index (χ2v) is 6.45. The fourth-order valence-corrected chi connectivity index (χ4v) is 2.65. The molecule has 136 valence electrons. The Labute approximate surface area is 150 Å². The van der Waals surface area contributed by atoms with Gasteiger partial charge in [0.25, 0.3) is 0 Å². The first-order valence-electron chi connectivity index (χ1n) is 7.89. The van der Waals surface area contributed by atoms with E-state index in [-0.39, 0.29) is 6.04 Å². The normalized spacial score (nSPS) is 12.9. The molecule has 6 nitrogen and oxygen atoms in total. The van der Waals surface area contributed by atoms with Gasteiger partial charge in [0.2, 0.25) is 0 Å². The van der Waals surface area contributed by atoms with Crippen LogP contribution >= 0.6 is 11.8 Å². The molecule has 0 saturated heterocycles. The number of likely N-dealkylation sites (N-methyl/N-ethyl adjacent to an activating group) is 1. The van der Waals surface area contributed by atoms with Gasteiger partial charge in [0.05, 0.1) is 20.3 Å². The van der Waals surface area contributed by atoms with Crippen molar-refractivity contribution in [1.82, 2.24) is 15.5 Å². The van der Waals surface area contributed by atoms with E-state index in [1.165, 1.54) is 0 Å². The molecule has 0 aliphatic carbocycles. The fourth-order valence-electron chi connectivity index (χ4n) is 2.34. The van der Waals surface area contributed by atoms with Crippen LogP contribution in [0.3, 0.4) is 0 Å². The van der Waals surface area contributed by atoms with E-state index in [1.807, 2.05) is 23.9 Å². The number of aliphatic imine (C=N–C) groups is 1. The van der Waals surface area contributed by atoms with E-state index in [2.05, 4.69) is 46.9 Å². The van der Waals surface area contributed by atoms with Crippen LogP contribution in [0.25, 0.3) is 0 Å². The van der Waals surface area contributed by atoms with Crippen LogP contribution < -0.4 is 20.1 Å². The molecule has 0 saturated carbocycles. The third-order valence-corrected chi connectivity index (χ3v) is 4.31. The van der Waals surface area contributed by atoms with Crippen LogP contribution in [0.1, 0.15) is 11.6 Å². The SMILES string of the molecule is CN=C(NCCSC)NCC(c1ccc(OC)c(OC)c1)N(C)C. The van der Waals surface area contributed by atoms with Gasteiger partial charge in [0, 0.05) is 25.9 Å². The minimum atomic E-state index is 0.184. The summed E-state index contributed by atoms with van der Waals surface area (Å²) >= 11 is 1.81. The Bertz CT molecular complexity index is 523. The van der Waals surface area contributed by atoms with E-state index in [4.69, 9.17) is 9.47 Å². The molecular weight excluding hydrogens is 324 g/mol. The van der Waals surface area contributed by atoms with Crippen molar-refractivity contribution in [3.8, 4) is 11.5 Å². The van der Waals surface area contributed by atoms with E-state index in [9.17, 15) is 0 Å². The first-order valence-corrected chi connectivity index (χ1v) is 9.28. The number of rotatable bonds is 9. The minimum Gasteiger partial charge on any atom is -0.493 e. The first-order chi connectivity index (χ1) is 11.6. The largest absolute Gasteiger partial charge is 0.493 e. The summed E-state index contributed by atoms with van der Waals surface area (Å²) in [6.07, 6.45) is 2.09. The zero-order chi connectivity index (χ0) is 17.9. The quantitative estimate of drug-likeness (QED) is 0.401. The molecule has 0 aliphatic heterocycles. The average molecular weight is 355 g/mol. The Morgan fingerprint density at radius 3 is 2.46 bits per heavy atom. The van der Waals surface area contributed by atoms with Crippen LogP contribution in [0, 0.1) is 0 Å². The molecule has 2 N–H and O–H groups in total. The second-order valence-electron chi connectivity index (χ2n) is 5.47. The van der Waals surface area contributed by atoms with Crippen molar-refractivity contribution in [1.29, 1.82) is 0 Å². The average Bonchev–Trinajstić information content (AvgIpc) is 2.59. The lowest BCUT2D eigenvalue weighted by Crippen LogP contribution is -2.42. The zero-order valence-electron chi connectivity index (χ0n) is 15.5. The van der Waals surface area contributed by atoms with Gasteiger partial charge in [0.15, 0.2) is 17.5 Å². The number of methoxy groups -OCH3 is 2. The number of nitrogens with zero attached hydrogens (tertiary/aromatic N) is 2. The van der Waals surface area contributed by atoms with Gasteiger partial charge in [-0.3, -0.25) is 4.99 Å². The summed E-state index contributed by atoms with van der Waals surface area (Å²) in [6, 6.07) is 6.21. The van der Waals surface area contributed by atoms with Gasteiger partial charge in [-0.2, -0.15) is 11.8 Å². The lowest BCUT2D eigenvalue weighted by molar-refractivity contribution is 0.296. The Kier molecular flexibility index (Phi) is 9.41. The number of thioether (sulfide) groups is 1. The van der Waals surface area contributed by atoms with Crippen molar-refractivity contribution in [3.63, 3.8) is 0 Å². The van der Waals surface area contributed by atoms with E-state index in [0.717, 1.165) is 41.9 Å². The Morgan fingerprint density at radius 1 is 1.21 bits per heavy atom. The molecule has 1 aromatic rings. The van der Waals surface area contributed by atoms with Crippen LogP contribution in [-0.2, 0) is 0 Å². The van der Waals surface area contributed by atoms with Crippen LogP contribution in [0.2, 0.25) is 0 Å². The van der Waals surface area contributed by atoms with Crippen LogP contribution in [-0.4, -0.2) is 71.3 Å². The Balaban J connectivity index is 2.80. The molecule has 1 atom stereocenters. The third-order valence-electron chi connectivity index (χ3n) is 3.70. The van der Waals surface area contributed by atoms with Gasteiger partial charge in [0.1, 0.15) is 0 Å². The van der Waals surface area contributed by atoms with Gasteiger partial charge >= 0.3 is 0 Å². The van der Waals surface area contributed by atoms with Crippen molar-refractivity contribution in [2.24, 2.45) is 4.99 Å². The molecular formula is C17H30N4O2S. The molecule has 0 fully saturated rings. The van der Waals surface area contributed by atoms with Crippen molar-refractivity contribution in [3.05, 3.63) is 23.8 Å². The van der Waals surface area contributed by atoms with Crippen molar-refractivity contribution >= 4 is 17.7 Å². The minimum absolute atomic E-state index is 0.184. The molecule has 1 aromatic carbocycles. The van der Waals surface area contributed by atoms with Crippen molar-refractivity contribution in [2.45, 2.75) is 6.04 Å². The molecule has 0 heterocycles. The number of hydrogen-bond acceptors (Lipinski definition) is 5. The summed E-state index contributed by atoms with van der Waals surface area (Å²) in [5.74, 6) is 3.34. The number of ether oxygens (including phenoxy) is 2. The Hall–Kier alpha value is -1.60. The second kappa shape index (κ2) is 11.0. The lowest BCUT2D eigenvalue weighted by atomic mass is 10.1. The number of guanidine groups is 1. The van der Waals surface area contributed by atoms with Gasteiger partial charge in [-0.05, 0) is 38.0 Å². The van der Waals surface area contributed by atoms with Gasteiger partial charge < -0.3 is 25.0 Å². The molecule has 1 rings (SSSR count). The topological polar surface area (TPSA) is 58.1 Å². The molecule has 1 unspecified atom stereocenters. The standard InChI is InChI=1S/C17H30N4O2S/c1-18-17(19-9-10-24-6)20-12-14(21(2)3)13-7-8-15(22-4)16(11-13)23-5/h7-8,11,14H,9-10,12H2,1-6H3,(H2,18,19,20). The smallest absolute Gasteiger partial charge is 0.191 e. The van der Waals surface area contributed by atoms with E-state index >= 15 is 0 Å². The van der Waals surface area contributed by atoms with Crippen LogP contribution in [0.15, 0.2) is 23.2 Å². The summed E-state index contributed by atoms with van der Waals surface area (Å²) < 4.78 is 10.7. The third kappa shape index (κ3) is 6.13. The molecule has 0 bridgehead atoms. The van der Waals surface area contributed by atoms with E-state index in [0.29, 0.717) is 0 Å². The zero-order valence-corrected chi connectivity index (χ0v) is 16.4. The Morgan fingerprint density at radius 2 is 1.92 bits per heavy atom. The highest BCUT2D eigenvalue weighted by atomic mass is 32.2. The number of nitrogens with one attached hydrogen (secondary N) is 2. The predicted molar refractivity (Wildman–Crippen MR) is 104 cm³/mol. The lowest BCUT2D eigenvalue weighted by Gasteiger charge is -2.26. The summed E-state index contributed by atoms with van der Waals surface area (Å²) in [6.45, 7) is 1.63. The maximum atomic E-state index is 5.42. The van der Waals surface area contributed by atoms with E-state index in [1.54, 1.807) is 21.3 Å². The maximum Gasteiger partial charge on any atom is 0.191 e. The summed E-state index contributed by atoms with van der Waals surface area (Å²) in [5, 5.41) is 6.70. The summed E-state index contributed by atoms with van der Waals surface area (Å²) in [5.41, 5.74) is 1.16. The highest BCUT2D eigenvalue weighted by Crippen LogP contribution is 2.31. The molecule has 0 spiro atoms. The molecule has 0 aromatic heterocycles. The predicted octanol–water partition coefficient (Wildman–Crippen LogP) is 1.83. The van der Waals surface area contributed by atoms with Gasteiger partial charge in [-0.1, -0.05) is 6.07 Å². The van der Waals surface area contributed by atoms with Gasteiger partial charge in [-0.25, -0.2) is 0 Å². The number of benzene rings is 1. The monoisotopic (exact) mass is 354 g/mol. The highest BCUT2D eigenvalue weighted by Gasteiger charge is 2.17. The number of hydrogen-bond donors (Lipinski definition) is 2. The summed E-state index contributed by atoms with van der Waals surface area (Å²) in [4.78, 5) is 6.44. The van der Waals surface area contributed by atoms with Crippen molar-refractivity contribution < 1.29 is 9.47 Å². The maximum absolute atomic E-state index is 5.42. The molecule has 7 heteroatoms. The van der Waals surface area contributed by atoms with Crippen LogP contribution in [0.5, 0.6) is 11.5 Å². The van der Waals surface area contributed by atoms with E-state index < -0.39 is 0 Å². The van der Waals surface area contributed by atoms with Crippen molar-refractivity contribution in [2.75, 3.05) is 60.5 Å². The van der Waals surface area contributed by atoms with Gasteiger partial charge in [-0.15, -0.1) is 0 Å². The molecule has 0 radical (unpaired) electrons. The summed E-state index contributed by atoms with van der Waals surface area (Å²) in [7, 11) is 9.21. The molecule has 0 aliphatic rings. The first kappa shape index (κ1) is 20.4.